The zero-order valence-corrected chi connectivity index (χ0v) is 12.3. The van der Waals surface area contributed by atoms with Gasteiger partial charge in [0, 0.05) is 6.54 Å². The fourth-order valence-electron chi connectivity index (χ4n) is 2.08. The highest BCUT2D eigenvalue weighted by Gasteiger charge is 2.35. The molecule has 1 aliphatic rings. The van der Waals surface area contributed by atoms with Gasteiger partial charge in [0.15, 0.2) is 6.04 Å². The number of carboxylic acids is 1. The van der Waals surface area contributed by atoms with Gasteiger partial charge in [-0.2, -0.15) is 0 Å². The Balaban J connectivity index is 2.69. The second-order valence-electron chi connectivity index (χ2n) is 4.79. The van der Waals surface area contributed by atoms with E-state index in [0.717, 1.165) is 6.42 Å². The zero-order valence-electron chi connectivity index (χ0n) is 12.3. The molecule has 1 heterocycles. The fourth-order valence-corrected chi connectivity index (χ4v) is 2.08. The third kappa shape index (κ3) is 4.89. The monoisotopic (exact) mass is 302 g/mol. The number of hydrogen-bond donors (Lipinski definition) is 2. The highest BCUT2D eigenvalue weighted by molar-refractivity contribution is 5.86. The van der Waals surface area contributed by atoms with Crippen molar-refractivity contribution in [2.45, 2.75) is 38.3 Å². The number of esters is 1. The highest BCUT2D eigenvalue weighted by atomic mass is 16.5. The molecule has 21 heavy (non-hydrogen) atoms. The number of carbonyl (C=O) groups is 3. The largest absolute Gasteiger partial charge is 0.480 e. The summed E-state index contributed by atoms with van der Waals surface area (Å²) in [4.78, 5) is 36.2. The van der Waals surface area contributed by atoms with Gasteiger partial charge in [0.05, 0.1) is 20.3 Å². The van der Waals surface area contributed by atoms with Crippen molar-refractivity contribution in [1.82, 2.24) is 10.2 Å². The van der Waals surface area contributed by atoms with E-state index < -0.39 is 30.1 Å². The Morgan fingerprint density at radius 3 is 2.76 bits per heavy atom. The van der Waals surface area contributed by atoms with E-state index in [1.54, 1.807) is 0 Å². The Bertz CT molecular complexity index is 387. The number of aliphatic carboxylic acids is 1. The lowest BCUT2D eigenvalue weighted by Crippen LogP contribution is -2.58. The highest BCUT2D eigenvalue weighted by Crippen LogP contribution is 2.10. The molecular formula is C13H22N2O6. The van der Waals surface area contributed by atoms with E-state index in [-0.39, 0.29) is 13.2 Å². The number of carboxylic acid groups (broad SMARTS) is 1. The van der Waals surface area contributed by atoms with E-state index in [2.05, 4.69) is 10.1 Å². The number of amides is 2. The summed E-state index contributed by atoms with van der Waals surface area (Å²) in [7, 11) is 1.23. The molecule has 1 aliphatic heterocycles. The van der Waals surface area contributed by atoms with Crippen molar-refractivity contribution in [2.24, 2.45) is 0 Å². The predicted octanol–water partition coefficient (Wildman–Crippen LogP) is 0.213. The molecule has 0 radical (unpaired) electrons. The molecule has 0 aromatic carbocycles. The second-order valence-corrected chi connectivity index (χ2v) is 4.79. The molecule has 0 aromatic heterocycles. The van der Waals surface area contributed by atoms with Crippen molar-refractivity contribution in [2.75, 3.05) is 26.9 Å². The van der Waals surface area contributed by atoms with Crippen LogP contribution in [0.2, 0.25) is 0 Å². The van der Waals surface area contributed by atoms with E-state index in [9.17, 15) is 14.4 Å². The Labute approximate surface area is 123 Å². The van der Waals surface area contributed by atoms with Crippen LogP contribution in [0.25, 0.3) is 0 Å². The average molecular weight is 302 g/mol. The van der Waals surface area contributed by atoms with Gasteiger partial charge in [-0.05, 0) is 6.42 Å². The molecule has 2 atom stereocenters. The first-order valence-electron chi connectivity index (χ1n) is 6.96. The van der Waals surface area contributed by atoms with Crippen molar-refractivity contribution in [1.29, 1.82) is 0 Å². The first-order chi connectivity index (χ1) is 10.0. The van der Waals surface area contributed by atoms with Crippen LogP contribution < -0.4 is 5.32 Å². The Kier molecular flexibility index (Phi) is 6.93. The number of nitrogens with zero attached hydrogens (tertiary/aromatic N) is 1. The van der Waals surface area contributed by atoms with Crippen LogP contribution in [0.4, 0.5) is 4.79 Å². The van der Waals surface area contributed by atoms with Gasteiger partial charge in [-0.25, -0.2) is 14.4 Å². The molecule has 8 nitrogen and oxygen atoms in total. The van der Waals surface area contributed by atoms with E-state index in [1.807, 2.05) is 6.92 Å². The predicted molar refractivity (Wildman–Crippen MR) is 72.8 cm³/mol. The van der Waals surface area contributed by atoms with E-state index in [4.69, 9.17) is 9.84 Å². The number of unbranched alkanes of at least 4 members (excludes halogenated alkanes) is 1. The van der Waals surface area contributed by atoms with Crippen molar-refractivity contribution in [3.63, 3.8) is 0 Å². The summed E-state index contributed by atoms with van der Waals surface area (Å²) in [6.07, 6.45) is 1.88. The Morgan fingerprint density at radius 2 is 2.19 bits per heavy atom. The SMILES string of the molecule is CCCCC(NC(=O)N1CCOCC1C(=O)OC)C(=O)O. The number of methoxy groups -OCH3 is 1. The number of nitrogens with one attached hydrogen (secondary N) is 1. The molecule has 2 unspecified atom stereocenters. The smallest absolute Gasteiger partial charge is 0.331 e. The van der Waals surface area contributed by atoms with Gasteiger partial charge in [-0.3, -0.25) is 0 Å². The summed E-state index contributed by atoms with van der Waals surface area (Å²) in [5.41, 5.74) is 0. The van der Waals surface area contributed by atoms with Crippen LogP contribution in [0.1, 0.15) is 26.2 Å². The van der Waals surface area contributed by atoms with Crippen LogP contribution >= 0.6 is 0 Å². The molecule has 1 saturated heterocycles. The first kappa shape index (κ1) is 17.2. The lowest BCUT2D eigenvalue weighted by Gasteiger charge is -2.34. The van der Waals surface area contributed by atoms with Crippen LogP contribution in [0.15, 0.2) is 0 Å². The normalized spacial score (nSPS) is 19.7. The first-order valence-corrected chi connectivity index (χ1v) is 6.96. The lowest BCUT2D eigenvalue weighted by molar-refractivity contribution is -0.151. The second kappa shape index (κ2) is 8.46. The maximum atomic E-state index is 12.2. The Morgan fingerprint density at radius 1 is 1.48 bits per heavy atom. The molecule has 0 saturated carbocycles. The zero-order chi connectivity index (χ0) is 15.8. The molecule has 2 N–H and O–H groups in total. The quantitative estimate of drug-likeness (QED) is 0.680. The van der Waals surface area contributed by atoms with Gasteiger partial charge in [0.1, 0.15) is 6.04 Å². The summed E-state index contributed by atoms with van der Waals surface area (Å²) in [6, 6.07) is -2.39. The summed E-state index contributed by atoms with van der Waals surface area (Å²) >= 11 is 0. The van der Waals surface area contributed by atoms with Crippen LogP contribution in [0.3, 0.4) is 0 Å². The van der Waals surface area contributed by atoms with Crippen LogP contribution in [-0.4, -0.2) is 66.9 Å². The molecule has 1 rings (SSSR count). The van der Waals surface area contributed by atoms with Gasteiger partial charge in [0.2, 0.25) is 0 Å². The molecule has 0 aromatic rings. The van der Waals surface area contributed by atoms with Gasteiger partial charge in [0.25, 0.3) is 0 Å². The van der Waals surface area contributed by atoms with Crippen LogP contribution in [-0.2, 0) is 19.1 Å². The summed E-state index contributed by atoms with van der Waals surface area (Å²) < 4.78 is 9.79. The minimum atomic E-state index is -1.08. The van der Waals surface area contributed by atoms with Crippen LogP contribution in [0, 0.1) is 0 Å². The number of ether oxygens (including phenoxy) is 2. The number of rotatable bonds is 6. The summed E-state index contributed by atoms with van der Waals surface area (Å²) in [6.45, 7) is 2.50. The molecule has 2 amide bonds. The van der Waals surface area contributed by atoms with Crippen molar-refractivity contribution >= 4 is 18.0 Å². The molecule has 8 heteroatoms. The minimum absolute atomic E-state index is 0.0484. The maximum Gasteiger partial charge on any atom is 0.331 e. The molecule has 0 spiro atoms. The van der Waals surface area contributed by atoms with Crippen molar-refractivity contribution < 1.29 is 29.0 Å². The van der Waals surface area contributed by atoms with Gasteiger partial charge >= 0.3 is 18.0 Å². The minimum Gasteiger partial charge on any atom is -0.480 e. The number of morpholine rings is 1. The average Bonchev–Trinajstić information content (AvgIpc) is 2.50. The number of carbonyl (C=O) groups excluding carboxylic acids is 2. The fraction of sp³-hybridized carbons (Fsp3) is 0.769. The van der Waals surface area contributed by atoms with Crippen molar-refractivity contribution in [3.8, 4) is 0 Å². The van der Waals surface area contributed by atoms with Crippen LogP contribution in [0.5, 0.6) is 0 Å². The number of hydrogen-bond acceptors (Lipinski definition) is 5. The number of urea groups is 1. The maximum absolute atomic E-state index is 12.2. The Hall–Kier alpha value is -1.83. The summed E-state index contributed by atoms with van der Waals surface area (Å²) in [5, 5.41) is 11.6. The topological polar surface area (TPSA) is 105 Å². The van der Waals surface area contributed by atoms with Gasteiger partial charge < -0.3 is 24.8 Å². The van der Waals surface area contributed by atoms with E-state index in [0.29, 0.717) is 19.4 Å². The standard InChI is InChI=1S/C13H22N2O6/c1-3-4-5-9(11(16)17)14-13(19)15-6-7-21-8-10(15)12(18)20-2/h9-10H,3-8H2,1-2H3,(H,14,19)(H,16,17). The van der Waals surface area contributed by atoms with Gasteiger partial charge in [-0.1, -0.05) is 19.8 Å². The molecule has 0 bridgehead atoms. The molecule has 1 fully saturated rings. The third-order valence-corrected chi connectivity index (χ3v) is 3.30. The third-order valence-electron chi connectivity index (χ3n) is 3.30. The van der Waals surface area contributed by atoms with E-state index in [1.165, 1.54) is 12.0 Å². The summed E-state index contributed by atoms with van der Waals surface area (Å²) in [5.74, 6) is -1.66. The van der Waals surface area contributed by atoms with Gasteiger partial charge in [-0.15, -0.1) is 0 Å². The lowest BCUT2D eigenvalue weighted by atomic mass is 10.1. The molecule has 0 aliphatic carbocycles. The van der Waals surface area contributed by atoms with E-state index >= 15 is 0 Å². The van der Waals surface area contributed by atoms with Crippen molar-refractivity contribution in [3.05, 3.63) is 0 Å². The molecular weight excluding hydrogens is 280 g/mol. The molecule has 120 valence electrons.